The molecule has 14 nitrogen and oxygen atoms in total. The lowest BCUT2D eigenvalue weighted by Crippen LogP contribution is -2.73. The van der Waals surface area contributed by atoms with Crippen molar-refractivity contribution in [3.05, 3.63) is 74.7 Å². The maximum absolute atomic E-state index is 14.8. The number of allylic oxidation sites excluding steroid dienone is 2. The minimum absolute atomic E-state index is 0.00297. The average molecular weight is 769 g/mol. The van der Waals surface area contributed by atoms with E-state index in [0.717, 1.165) is 22.2 Å². The second-order valence-electron chi connectivity index (χ2n) is 15.3. The molecule has 7 atom stereocenters. The summed E-state index contributed by atoms with van der Waals surface area (Å²) in [6, 6.07) is 5.12. The number of ether oxygens (including phenoxy) is 5. The number of H-pyrrole nitrogens is 1. The number of ketones is 2. The summed E-state index contributed by atoms with van der Waals surface area (Å²) in [5, 5.41) is 16.5. The summed E-state index contributed by atoms with van der Waals surface area (Å²) in [7, 11) is 3.26. The molecule has 11 rings (SSSR count). The molecule has 2 saturated heterocycles. The van der Waals surface area contributed by atoms with Crippen LogP contribution in [0.25, 0.3) is 10.9 Å². The number of benzene rings is 2. The number of fused-ring (bicyclic) bond motifs is 10. The smallest absolute Gasteiger partial charge is 0.333 e. The number of hydrogen-bond donors (Lipinski definition) is 3. The Morgan fingerprint density at radius 3 is 2.64 bits per heavy atom. The van der Waals surface area contributed by atoms with Crippen molar-refractivity contribution in [2.24, 2.45) is 0 Å². The van der Waals surface area contributed by atoms with Gasteiger partial charge in [0, 0.05) is 69.6 Å². The predicted octanol–water partition coefficient (Wildman–Crippen LogP) is 3.00. The van der Waals surface area contributed by atoms with Gasteiger partial charge in [-0.15, -0.1) is 11.8 Å². The fourth-order valence-electron chi connectivity index (χ4n) is 10.4. The number of carbonyl (C=O) groups excluding carboxylic acids is 4. The number of Topliss-reactive ketones (excluding diaryl/α,β-unsaturated/α-hetero) is 2. The molecule has 4 bridgehead atoms. The van der Waals surface area contributed by atoms with Crippen LogP contribution in [0.1, 0.15) is 59.5 Å². The zero-order chi connectivity index (χ0) is 38.2. The number of methoxy groups -OCH3 is 1. The van der Waals surface area contributed by atoms with E-state index in [2.05, 4.69) is 10.3 Å². The van der Waals surface area contributed by atoms with Gasteiger partial charge in [0.2, 0.25) is 12.6 Å². The Kier molecular flexibility index (Phi) is 7.69. The van der Waals surface area contributed by atoms with Crippen LogP contribution in [0.4, 0.5) is 0 Å². The van der Waals surface area contributed by atoms with Crippen molar-refractivity contribution in [1.82, 2.24) is 20.1 Å². The van der Waals surface area contributed by atoms with Gasteiger partial charge in [0.25, 0.3) is 0 Å². The van der Waals surface area contributed by atoms with Crippen LogP contribution in [-0.4, -0.2) is 108 Å². The number of para-hydroxylation sites is 1. The molecule has 3 aromatic rings. The van der Waals surface area contributed by atoms with E-state index in [1.807, 2.05) is 48.0 Å². The highest BCUT2D eigenvalue weighted by atomic mass is 32.2. The van der Waals surface area contributed by atoms with E-state index in [1.165, 1.54) is 25.8 Å². The second kappa shape index (κ2) is 12.2. The number of aromatic nitrogens is 1. The van der Waals surface area contributed by atoms with Crippen molar-refractivity contribution in [2.75, 3.05) is 39.9 Å². The summed E-state index contributed by atoms with van der Waals surface area (Å²) >= 11 is 1.45. The van der Waals surface area contributed by atoms with Crippen molar-refractivity contribution >= 4 is 46.2 Å². The highest BCUT2D eigenvalue weighted by Crippen LogP contribution is 2.62. The third kappa shape index (κ3) is 4.52. The molecule has 4 unspecified atom stereocenters. The molecule has 7 aliphatic heterocycles. The molecule has 286 valence electrons. The molecule has 0 saturated carbocycles. The van der Waals surface area contributed by atoms with Gasteiger partial charge in [0.1, 0.15) is 18.6 Å². The van der Waals surface area contributed by atoms with Gasteiger partial charge in [-0.05, 0) is 45.4 Å². The zero-order valence-electron chi connectivity index (χ0n) is 30.9. The van der Waals surface area contributed by atoms with Gasteiger partial charge in [0.05, 0.1) is 36.2 Å². The van der Waals surface area contributed by atoms with Crippen molar-refractivity contribution in [1.29, 1.82) is 0 Å². The maximum Gasteiger partial charge on any atom is 0.333 e. The number of esters is 2. The third-order valence-electron chi connectivity index (χ3n) is 12.8. The van der Waals surface area contributed by atoms with E-state index in [9.17, 15) is 24.3 Å². The van der Waals surface area contributed by atoms with Gasteiger partial charge in [-0.25, -0.2) is 4.79 Å². The number of rotatable bonds is 2. The molecule has 0 amide bonds. The summed E-state index contributed by atoms with van der Waals surface area (Å²) in [5.74, 6) is -0.372. The highest BCUT2D eigenvalue weighted by molar-refractivity contribution is 7.99. The van der Waals surface area contributed by atoms with Crippen LogP contribution in [-0.2, 0) is 40.6 Å². The van der Waals surface area contributed by atoms with Crippen LogP contribution in [0, 0.1) is 6.92 Å². The number of nitrogens with one attached hydrogen (secondary N) is 2. The van der Waals surface area contributed by atoms with E-state index < -0.39 is 53.1 Å². The first kappa shape index (κ1) is 34.8. The number of hydrogen-bond acceptors (Lipinski definition) is 14. The number of piperazine rings is 1. The highest BCUT2D eigenvalue weighted by Gasteiger charge is 2.63. The van der Waals surface area contributed by atoms with Gasteiger partial charge >= 0.3 is 11.9 Å². The lowest BCUT2D eigenvalue weighted by atomic mass is 9.70. The average Bonchev–Trinajstić information content (AvgIpc) is 3.82. The van der Waals surface area contributed by atoms with Crippen LogP contribution in [0.5, 0.6) is 17.2 Å². The van der Waals surface area contributed by atoms with Crippen LogP contribution in [0.15, 0.2) is 46.7 Å². The maximum atomic E-state index is 14.8. The van der Waals surface area contributed by atoms with Crippen LogP contribution < -0.4 is 19.5 Å². The van der Waals surface area contributed by atoms with Gasteiger partial charge in [-0.3, -0.25) is 29.5 Å². The Hall–Kier alpha value is -4.67. The Morgan fingerprint density at radius 1 is 1.07 bits per heavy atom. The fraction of sp³-hybridized carbons (Fsp3) is 0.450. The summed E-state index contributed by atoms with van der Waals surface area (Å²) in [5.41, 5.74) is 4.09. The van der Waals surface area contributed by atoms with Gasteiger partial charge < -0.3 is 33.8 Å². The number of aromatic amines is 1. The van der Waals surface area contributed by atoms with Gasteiger partial charge in [0.15, 0.2) is 28.6 Å². The Bertz CT molecular complexity index is 2350. The molecular weight excluding hydrogens is 729 g/mol. The lowest BCUT2D eigenvalue weighted by molar-refractivity contribution is -0.181. The van der Waals surface area contributed by atoms with Crippen LogP contribution in [0.2, 0.25) is 0 Å². The summed E-state index contributed by atoms with van der Waals surface area (Å²) in [4.78, 5) is 63.7. The van der Waals surface area contributed by atoms with E-state index >= 15 is 0 Å². The first-order valence-electron chi connectivity index (χ1n) is 18.5. The fourth-order valence-corrected chi connectivity index (χ4v) is 12.1. The molecule has 8 aliphatic rings. The molecule has 2 aromatic carbocycles. The first-order chi connectivity index (χ1) is 26.5. The van der Waals surface area contributed by atoms with E-state index in [0.29, 0.717) is 58.1 Å². The number of aliphatic hydroxyl groups is 1. The molecule has 2 fully saturated rings. The lowest BCUT2D eigenvalue weighted by Gasteiger charge is -2.62. The molecule has 1 spiro atoms. The van der Waals surface area contributed by atoms with Crippen molar-refractivity contribution in [3.63, 3.8) is 0 Å². The summed E-state index contributed by atoms with van der Waals surface area (Å²) < 4.78 is 30.3. The summed E-state index contributed by atoms with van der Waals surface area (Å²) in [6.07, 6.45) is -0.343. The molecule has 15 heteroatoms. The Balaban J connectivity index is 1.23. The summed E-state index contributed by atoms with van der Waals surface area (Å²) in [6.45, 7) is 4.97. The van der Waals surface area contributed by atoms with E-state index in [4.69, 9.17) is 23.7 Å². The molecule has 8 heterocycles. The molecule has 55 heavy (non-hydrogen) atoms. The second-order valence-corrected chi connectivity index (χ2v) is 16.5. The Morgan fingerprint density at radius 2 is 1.85 bits per heavy atom. The standard InChI is InChI=1S/C40H40N4O10S/c1-16-30(46)21-12-23-38(48)44-24-13-51-39(49)40(37-20(10-11-41-40)19-8-6-7-9-22(19)42-37)14-55-36(29(44)28(43(23)4)25(21)31(47)33(16)50-5)27-26(24)35-34(52-15-53-35)17(2)32(27)54-18(3)45/h6-9,23-24,28-29,36,38,41-42,48H,10-15H2,1-5H3/t23?,24-,28?,29?,36-,38-,40?/m0/s1. The number of likely N-dealkylation sites (N-methyl/N-ethyl adjacent to an activating group) is 1. The molecule has 3 N–H and O–H groups in total. The topological polar surface area (TPSA) is 169 Å². The minimum atomic E-state index is -1.30. The normalized spacial score (nSPS) is 31.3. The van der Waals surface area contributed by atoms with E-state index in [-0.39, 0.29) is 48.5 Å². The molecular formula is C40H40N4O10S. The third-order valence-corrected chi connectivity index (χ3v) is 14.2. The SMILES string of the molecule is COC1=C(C)C(=O)C2=C(C1=O)C1C3[C@H]4SCC5(NCCc6c5[nH]c5ccccc65)C(=O)OC[C@@H](c5c6c(c(C)c(OC(C)=O)c54)OCO6)N3[C@@H](O)C(C2)N1C. The Labute approximate surface area is 320 Å². The molecule has 0 radical (unpaired) electrons. The van der Waals surface area contributed by atoms with Gasteiger partial charge in [-0.1, -0.05) is 18.2 Å². The van der Waals surface area contributed by atoms with Crippen LogP contribution in [0.3, 0.4) is 0 Å². The molecule has 1 aliphatic carbocycles. The first-order valence-corrected chi connectivity index (χ1v) is 19.6. The number of nitrogens with zero attached hydrogens (tertiary/aromatic N) is 2. The minimum Gasteiger partial charge on any atom is -0.492 e. The van der Waals surface area contributed by atoms with Crippen molar-refractivity contribution in [2.45, 2.75) is 74.8 Å². The number of thioether (sulfide) groups is 1. The van der Waals surface area contributed by atoms with Gasteiger partial charge in [-0.2, -0.15) is 0 Å². The van der Waals surface area contributed by atoms with Crippen LogP contribution >= 0.6 is 11.8 Å². The zero-order valence-corrected chi connectivity index (χ0v) is 31.8. The molecule has 1 aromatic heterocycles. The number of carbonyl (C=O) groups is 4. The van der Waals surface area contributed by atoms with Crippen molar-refractivity contribution in [3.8, 4) is 17.2 Å². The van der Waals surface area contributed by atoms with E-state index in [1.54, 1.807) is 6.92 Å². The quantitative estimate of drug-likeness (QED) is 0.198. The van der Waals surface area contributed by atoms with Crippen molar-refractivity contribution < 1.29 is 48.0 Å². The predicted molar refractivity (Wildman–Crippen MR) is 198 cm³/mol. The number of aliphatic hydroxyl groups excluding tert-OH is 1. The largest absolute Gasteiger partial charge is 0.492 e. The monoisotopic (exact) mass is 768 g/mol.